The second-order valence-electron chi connectivity index (χ2n) is 9.12. The van der Waals surface area contributed by atoms with Crippen molar-refractivity contribution in [3.8, 4) is 5.75 Å². The fourth-order valence-corrected chi connectivity index (χ4v) is 4.21. The Hall–Kier alpha value is -1.71. The van der Waals surface area contributed by atoms with Crippen LogP contribution in [0, 0.1) is 0 Å². The van der Waals surface area contributed by atoms with E-state index in [1.165, 1.54) is 0 Å². The molecule has 2 aromatic rings. The minimum absolute atomic E-state index is 0.237. The van der Waals surface area contributed by atoms with Crippen LogP contribution >= 0.6 is 22.6 Å². The van der Waals surface area contributed by atoms with Gasteiger partial charge in [-0.2, -0.15) is 0 Å². The van der Waals surface area contributed by atoms with E-state index in [-0.39, 0.29) is 16.0 Å². The molecular weight excluding hydrogens is 497 g/mol. The molecule has 0 aliphatic carbocycles. The molecule has 3 rings (SSSR count). The van der Waals surface area contributed by atoms with Gasteiger partial charge in [-0.15, -0.1) is 10.3 Å². The molecule has 1 fully saturated rings. The van der Waals surface area contributed by atoms with Crippen molar-refractivity contribution in [2.24, 2.45) is 0 Å². The molecule has 1 atom stereocenters. The number of hydroxylamine groups is 2. The summed E-state index contributed by atoms with van der Waals surface area (Å²) in [6.07, 6.45) is 0.660. The van der Waals surface area contributed by atoms with Crippen molar-refractivity contribution in [1.82, 2.24) is 5.06 Å². The lowest BCUT2D eigenvalue weighted by Crippen LogP contribution is -2.60. The van der Waals surface area contributed by atoms with Crippen molar-refractivity contribution < 1.29 is 24.3 Å². The van der Waals surface area contributed by atoms with Crippen LogP contribution < -0.4 is 4.74 Å². The van der Waals surface area contributed by atoms with E-state index in [4.69, 9.17) is 9.47 Å². The molecule has 1 heterocycles. The van der Waals surface area contributed by atoms with Gasteiger partial charge in [-0.1, -0.05) is 34.7 Å². The van der Waals surface area contributed by atoms with Crippen LogP contribution in [0.4, 0.5) is 0 Å². The Balaban J connectivity index is 1.75. The maximum atomic E-state index is 12.8. The number of hydrogen-bond donors (Lipinski definition) is 0. The molecular formula is C23H27INO5. The van der Waals surface area contributed by atoms with Gasteiger partial charge in [0.05, 0.1) is 5.56 Å². The van der Waals surface area contributed by atoms with Crippen LogP contribution in [0.15, 0.2) is 36.4 Å². The number of hydrogen-bond acceptors (Lipinski definition) is 5. The predicted molar refractivity (Wildman–Crippen MR) is 122 cm³/mol. The van der Waals surface area contributed by atoms with Gasteiger partial charge in [-0.25, -0.2) is 4.79 Å². The monoisotopic (exact) mass is 524 g/mol. The molecule has 0 saturated carbocycles. The molecule has 0 amide bonds. The second-order valence-corrected chi connectivity index (χ2v) is 11.0. The first-order valence-corrected chi connectivity index (χ1v) is 11.2. The van der Waals surface area contributed by atoms with Crippen LogP contribution in [-0.2, 0) is 14.7 Å². The van der Waals surface area contributed by atoms with Crippen LogP contribution in [0.1, 0.15) is 57.8 Å². The number of carbonyl (C=O) groups excluding carboxylic acids is 2. The number of alkyl halides is 1. The topological polar surface area (TPSA) is 75.7 Å². The molecule has 1 aliphatic heterocycles. The standard InChI is InChI=1S/C23H27INO5/c1-14(24)20(26)29-18-9-8-15-10-17(7-6-16(15)11-18)21(27)30-19-12-22(2,3)25(28)23(4,5)13-19/h6-11,14,19H,12-13H2,1-5H3. The average Bonchev–Trinajstić information content (AvgIpc) is 2.65. The molecule has 7 heteroatoms. The van der Waals surface area contributed by atoms with Gasteiger partial charge in [-0.05, 0) is 69.7 Å². The van der Waals surface area contributed by atoms with Crippen LogP contribution in [0.25, 0.3) is 10.8 Å². The number of fused-ring (bicyclic) bond motifs is 1. The maximum absolute atomic E-state index is 12.8. The van der Waals surface area contributed by atoms with E-state index in [0.29, 0.717) is 24.2 Å². The third-order valence-corrected chi connectivity index (χ3v) is 5.93. The molecule has 1 saturated heterocycles. The van der Waals surface area contributed by atoms with Crippen molar-refractivity contribution >= 4 is 45.3 Å². The Kier molecular flexibility index (Phi) is 6.46. The molecule has 0 aromatic heterocycles. The van der Waals surface area contributed by atoms with Gasteiger partial charge in [0.2, 0.25) is 0 Å². The minimum Gasteiger partial charge on any atom is -0.459 e. The van der Waals surface area contributed by atoms with Crippen LogP contribution in [-0.4, -0.2) is 38.1 Å². The Bertz CT molecular complexity index is 951. The Morgan fingerprint density at radius 2 is 1.60 bits per heavy atom. The summed E-state index contributed by atoms with van der Waals surface area (Å²) in [5.74, 6) is -0.229. The van der Waals surface area contributed by atoms with Gasteiger partial charge in [0.1, 0.15) is 15.8 Å². The average molecular weight is 524 g/mol. The van der Waals surface area contributed by atoms with Gasteiger partial charge < -0.3 is 9.47 Å². The lowest BCUT2D eigenvalue weighted by molar-refractivity contribution is -0.298. The molecule has 0 bridgehead atoms. The second kappa shape index (κ2) is 8.43. The number of nitrogens with zero attached hydrogens (tertiary/aromatic N) is 1. The van der Waals surface area contributed by atoms with Crippen molar-refractivity contribution in [2.45, 2.75) is 68.6 Å². The normalized spacial score (nSPS) is 20.0. The minimum atomic E-state index is -0.598. The van der Waals surface area contributed by atoms with Crippen LogP contribution in [0.3, 0.4) is 0 Å². The van der Waals surface area contributed by atoms with E-state index >= 15 is 0 Å². The van der Waals surface area contributed by atoms with E-state index in [1.807, 2.05) is 62.4 Å². The van der Waals surface area contributed by atoms with Gasteiger partial charge in [-0.3, -0.25) is 4.79 Å². The molecule has 0 N–H and O–H groups in total. The number of rotatable bonds is 4. The summed E-state index contributed by atoms with van der Waals surface area (Å²) in [5.41, 5.74) is -0.744. The number of halogens is 1. The smallest absolute Gasteiger partial charge is 0.338 e. The Labute approximate surface area is 190 Å². The van der Waals surface area contributed by atoms with Gasteiger partial charge in [0, 0.05) is 23.9 Å². The lowest BCUT2D eigenvalue weighted by atomic mass is 9.80. The highest BCUT2D eigenvalue weighted by Gasteiger charge is 2.47. The number of carbonyl (C=O) groups is 2. The summed E-state index contributed by atoms with van der Waals surface area (Å²) >= 11 is 2.01. The van der Waals surface area contributed by atoms with E-state index in [9.17, 15) is 14.8 Å². The summed E-state index contributed by atoms with van der Waals surface area (Å²) in [6.45, 7) is 9.27. The molecule has 6 nitrogen and oxygen atoms in total. The summed E-state index contributed by atoms with van der Waals surface area (Å²) in [5, 5.41) is 15.3. The first-order valence-electron chi connectivity index (χ1n) is 9.97. The van der Waals surface area contributed by atoms with Gasteiger partial charge in [0.25, 0.3) is 0 Å². The fraction of sp³-hybridized carbons (Fsp3) is 0.478. The molecule has 2 aromatic carbocycles. The SMILES string of the molecule is CC(I)C(=O)Oc1ccc2cc(C(=O)OC3CC(C)(C)N([O])C(C)(C)C3)ccc2c1. The molecule has 30 heavy (non-hydrogen) atoms. The molecule has 161 valence electrons. The molecule has 1 aliphatic rings. The van der Waals surface area contributed by atoms with Crippen LogP contribution in [0.5, 0.6) is 5.75 Å². The van der Waals surface area contributed by atoms with Gasteiger partial charge >= 0.3 is 11.9 Å². The number of benzene rings is 2. The van der Waals surface area contributed by atoms with E-state index < -0.39 is 17.0 Å². The summed E-state index contributed by atoms with van der Waals surface area (Å²) in [6, 6.07) is 10.6. The summed E-state index contributed by atoms with van der Waals surface area (Å²) < 4.78 is 10.9. The highest BCUT2D eigenvalue weighted by atomic mass is 127. The van der Waals surface area contributed by atoms with Crippen molar-refractivity contribution in [2.75, 3.05) is 0 Å². The zero-order valence-electron chi connectivity index (χ0n) is 17.9. The number of esters is 2. The first-order chi connectivity index (χ1) is 13.9. The quantitative estimate of drug-likeness (QED) is 0.241. The summed E-state index contributed by atoms with van der Waals surface area (Å²) in [7, 11) is 0. The van der Waals surface area contributed by atoms with Crippen molar-refractivity contribution in [3.63, 3.8) is 0 Å². The van der Waals surface area contributed by atoms with E-state index in [0.717, 1.165) is 15.8 Å². The van der Waals surface area contributed by atoms with Crippen molar-refractivity contribution in [1.29, 1.82) is 0 Å². The lowest BCUT2D eigenvalue weighted by Gasteiger charge is -2.49. The van der Waals surface area contributed by atoms with Crippen molar-refractivity contribution in [3.05, 3.63) is 42.0 Å². The fourth-order valence-electron chi connectivity index (χ4n) is 4.09. The van der Waals surface area contributed by atoms with E-state index in [1.54, 1.807) is 31.2 Å². The largest absolute Gasteiger partial charge is 0.459 e. The van der Waals surface area contributed by atoms with Crippen LogP contribution in [0.2, 0.25) is 0 Å². The number of ether oxygens (including phenoxy) is 2. The third kappa shape index (κ3) is 4.95. The predicted octanol–water partition coefficient (Wildman–Crippen LogP) is 5.09. The zero-order chi connectivity index (χ0) is 22.3. The Morgan fingerprint density at radius 3 is 2.20 bits per heavy atom. The van der Waals surface area contributed by atoms with Gasteiger partial charge in [0.15, 0.2) is 0 Å². The first kappa shape index (κ1) is 23.0. The molecule has 1 radical (unpaired) electrons. The highest BCUT2D eigenvalue weighted by molar-refractivity contribution is 14.1. The third-order valence-electron chi connectivity index (χ3n) is 5.42. The van der Waals surface area contributed by atoms with E-state index in [2.05, 4.69) is 0 Å². The number of piperidine rings is 1. The maximum Gasteiger partial charge on any atom is 0.338 e. The highest BCUT2D eigenvalue weighted by Crippen LogP contribution is 2.38. The summed E-state index contributed by atoms with van der Waals surface area (Å²) in [4.78, 5) is 24.5. The zero-order valence-corrected chi connectivity index (χ0v) is 20.1. The molecule has 0 spiro atoms. The molecule has 1 unspecified atom stereocenters. The Morgan fingerprint density at radius 1 is 1.03 bits per heavy atom.